The van der Waals surface area contributed by atoms with Gasteiger partial charge in [0.05, 0.1) is 14.2 Å². The van der Waals surface area contributed by atoms with Crippen LogP contribution in [0.2, 0.25) is 0 Å². The van der Waals surface area contributed by atoms with E-state index < -0.39 is 0 Å². The number of hydrogen-bond donors (Lipinski definition) is 0. The minimum absolute atomic E-state index is 0.752. The van der Waals surface area contributed by atoms with Crippen LogP contribution < -0.4 is 9.47 Å². The predicted molar refractivity (Wildman–Crippen MR) is 105 cm³/mol. The fraction of sp³-hybridized carbons (Fsp3) is 0.130. The quantitative estimate of drug-likeness (QED) is 0.460. The molecular weight excluding hydrogens is 308 g/mol. The molecule has 124 valence electrons. The number of rotatable bonds is 3. The van der Waals surface area contributed by atoms with E-state index in [1.54, 1.807) is 14.2 Å². The Labute approximate surface area is 147 Å². The summed E-state index contributed by atoms with van der Waals surface area (Å²) in [6, 6.07) is 23.5. The van der Waals surface area contributed by atoms with Crippen LogP contribution in [0.1, 0.15) is 5.56 Å². The lowest BCUT2D eigenvalue weighted by Gasteiger charge is -2.14. The standard InChI is InChI=1S/C23H20O2/c1-15-8-11-19(18-10-9-16-6-4-5-7-17(16)12-18)21-14-23(25-3)22(24-2)13-20(15)21/h4-14H,1-3H3. The van der Waals surface area contributed by atoms with Crippen molar-refractivity contribution in [3.8, 4) is 22.6 Å². The maximum absolute atomic E-state index is 5.52. The fourth-order valence-electron chi connectivity index (χ4n) is 3.42. The zero-order chi connectivity index (χ0) is 17.4. The summed E-state index contributed by atoms with van der Waals surface area (Å²) in [6.07, 6.45) is 0. The first kappa shape index (κ1) is 15.5. The van der Waals surface area contributed by atoms with Crippen LogP contribution in [0.25, 0.3) is 32.7 Å². The monoisotopic (exact) mass is 328 g/mol. The summed E-state index contributed by atoms with van der Waals surface area (Å²) in [5.41, 5.74) is 3.63. The Bertz CT molecular complexity index is 1080. The first-order valence-electron chi connectivity index (χ1n) is 8.36. The summed E-state index contributed by atoms with van der Waals surface area (Å²) in [7, 11) is 3.35. The van der Waals surface area contributed by atoms with Gasteiger partial charge in [-0.25, -0.2) is 0 Å². The van der Waals surface area contributed by atoms with Gasteiger partial charge in [-0.15, -0.1) is 0 Å². The predicted octanol–water partition coefficient (Wildman–Crippen LogP) is 5.99. The number of ether oxygens (including phenoxy) is 2. The van der Waals surface area contributed by atoms with Gasteiger partial charge in [0.1, 0.15) is 0 Å². The molecule has 0 radical (unpaired) electrons. The third-order valence-electron chi connectivity index (χ3n) is 4.80. The molecule has 4 rings (SSSR count). The zero-order valence-electron chi connectivity index (χ0n) is 14.7. The van der Waals surface area contributed by atoms with Gasteiger partial charge in [0, 0.05) is 0 Å². The molecule has 0 aliphatic heterocycles. The molecule has 0 saturated heterocycles. The maximum atomic E-state index is 5.52. The molecule has 0 bridgehead atoms. The third-order valence-corrected chi connectivity index (χ3v) is 4.80. The number of benzene rings is 4. The van der Waals surface area contributed by atoms with Crippen LogP contribution in [0, 0.1) is 6.92 Å². The van der Waals surface area contributed by atoms with Crippen molar-refractivity contribution in [3.63, 3.8) is 0 Å². The lowest BCUT2D eigenvalue weighted by Crippen LogP contribution is -1.93. The van der Waals surface area contributed by atoms with Gasteiger partial charge < -0.3 is 9.47 Å². The van der Waals surface area contributed by atoms with E-state index in [9.17, 15) is 0 Å². The molecule has 4 aromatic carbocycles. The average Bonchev–Trinajstić information content (AvgIpc) is 2.67. The number of methoxy groups -OCH3 is 2. The highest BCUT2D eigenvalue weighted by Gasteiger charge is 2.12. The van der Waals surface area contributed by atoms with Gasteiger partial charge in [-0.1, -0.05) is 48.5 Å². The van der Waals surface area contributed by atoms with Crippen LogP contribution in [-0.2, 0) is 0 Å². The van der Waals surface area contributed by atoms with Crippen molar-refractivity contribution in [3.05, 3.63) is 72.3 Å². The lowest BCUT2D eigenvalue weighted by molar-refractivity contribution is 0.356. The van der Waals surface area contributed by atoms with E-state index in [2.05, 4.69) is 73.7 Å². The van der Waals surface area contributed by atoms with Crippen LogP contribution >= 0.6 is 0 Å². The van der Waals surface area contributed by atoms with E-state index in [0.717, 1.165) is 11.5 Å². The van der Waals surface area contributed by atoms with Crippen LogP contribution in [-0.4, -0.2) is 14.2 Å². The van der Waals surface area contributed by atoms with E-state index in [1.165, 1.54) is 38.2 Å². The molecule has 0 aliphatic carbocycles. The van der Waals surface area contributed by atoms with Crippen molar-refractivity contribution in [1.82, 2.24) is 0 Å². The van der Waals surface area contributed by atoms with Crippen LogP contribution in [0.15, 0.2) is 66.7 Å². The molecule has 0 saturated carbocycles. The minimum atomic E-state index is 0.752. The Morgan fingerprint density at radius 1 is 0.640 bits per heavy atom. The first-order valence-corrected chi connectivity index (χ1v) is 8.36. The van der Waals surface area contributed by atoms with Crippen molar-refractivity contribution in [1.29, 1.82) is 0 Å². The highest BCUT2D eigenvalue weighted by Crippen LogP contribution is 2.39. The van der Waals surface area contributed by atoms with Crippen LogP contribution in [0.5, 0.6) is 11.5 Å². The summed E-state index contributed by atoms with van der Waals surface area (Å²) < 4.78 is 11.0. The average molecular weight is 328 g/mol. The number of aryl methyl sites for hydroxylation is 1. The molecule has 0 aromatic heterocycles. The van der Waals surface area contributed by atoms with Crippen molar-refractivity contribution in [2.45, 2.75) is 6.92 Å². The Hall–Kier alpha value is -3.00. The molecule has 2 nitrogen and oxygen atoms in total. The summed E-state index contributed by atoms with van der Waals surface area (Å²) in [6.45, 7) is 2.12. The second-order valence-corrected chi connectivity index (χ2v) is 6.24. The molecule has 0 aliphatic rings. The van der Waals surface area contributed by atoms with Gasteiger partial charge in [0.2, 0.25) is 0 Å². The van der Waals surface area contributed by atoms with Gasteiger partial charge in [-0.3, -0.25) is 0 Å². The van der Waals surface area contributed by atoms with Gasteiger partial charge in [0.25, 0.3) is 0 Å². The van der Waals surface area contributed by atoms with Crippen LogP contribution in [0.4, 0.5) is 0 Å². The molecule has 0 spiro atoms. The highest BCUT2D eigenvalue weighted by atomic mass is 16.5. The van der Waals surface area contributed by atoms with Crippen molar-refractivity contribution >= 4 is 21.5 Å². The molecule has 0 amide bonds. The molecule has 0 fully saturated rings. The first-order chi connectivity index (χ1) is 12.2. The topological polar surface area (TPSA) is 18.5 Å². The molecule has 4 aromatic rings. The van der Waals surface area contributed by atoms with Crippen LogP contribution in [0.3, 0.4) is 0 Å². The molecule has 0 atom stereocenters. The molecule has 0 N–H and O–H groups in total. The van der Waals surface area contributed by atoms with Gasteiger partial charge in [0.15, 0.2) is 11.5 Å². The van der Waals surface area contributed by atoms with E-state index in [1.807, 2.05) is 0 Å². The summed E-state index contributed by atoms with van der Waals surface area (Å²) in [5.74, 6) is 1.51. The molecule has 0 heterocycles. The molecular formula is C23H20O2. The van der Waals surface area contributed by atoms with E-state index in [-0.39, 0.29) is 0 Å². The van der Waals surface area contributed by atoms with E-state index >= 15 is 0 Å². The summed E-state index contributed by atoms with van der Waals surface area (Å²) >= 11 is 0. The van der Waals surface area contributed by atoms with Crippen molar-refractivity contribution in [2.75, 3.05) is 14.2 Å². The molecule has 2 heteroatoms. The molecule has 0 unspecified atom stereocenters. The number of hydrogen-bond acceptors (Lipinski definition) is 2. The third kappa shape index (κ3) is 2.60. The highest BCUT2D eigenvalue weighted by molar-refractivity contribution is 6.01. The SMILES string of the molecule is COc1cc2c(C)ccc(-c3ccc4ccccc4c3)c2cc1OC. The molecule has 25 heavy (non-hydrogen) atoms. The number of fused-ring (bicyclic) bond motifs is 2. The summed E-state index contributed by atoms with van der Waals surface area (Å²) in [5, 5.41) is 4.85. The second-order valence-electron chi connectivity index (χ2n) is 6.24. The van der Waals surface area contributed by atoms with Gasteiger partial charge >= 0.3 is 0 Å². The maximum Gasteiger partial charge on any atom is 0.161 e. The van der Waals surface area contributed by atoms with Crippen molar-refractivity contribution < 1.29 is 9.47 Å². The lowest BCUT2D eigenvalue weighted by atomic mass is 9.93. The summed E-state index contributed by atoms with van der Waals surface area (Å²) in [4.78, 5) is 0. The normalized spacial score (nSPS) is 11.0. The largest absolute Gasteiger partial charge is 0.493 e. The Kier molecular flexibility index (Phi) is 3.81. The Morgan fingerprint density at radius 2 is 1.32 bits per heavy atom. The van der Waals surface area contributed by atoms with E-state index in [0.29, 0.717) is 0 Å². The smallest absolute Gasteiger partial charge is 0.161 e. The minimum Gasteiger partial charge on any atom is -0.493 e. The zero-order valence-corrected chi connectivity index (χ0v) is 14.7. The second kappa shape index (κ2) is 6.14. The fourth-order valence-corrected chi connectivity index (χ4v) is 3.42. The Balaban J connectivity index is 2.01. The van der Waals surface area contributed by atoms with Gasteiger partial charge in [-0.2, -0.15) is 0 Å². The Morgan fingerprint density at radius 3 is 2.04 bits per heavy atom. The van der Waals surface area contributed by atoms with E-state index in [4.69, 9.17) is 9.47 Å². The van der Waals surface area contributed by atoms with Crippen molar-refractivity contribution in [2.24, 2.45) is 0 Å². The van der Waals surface area contributed by atoms with Gasteiger partial charge in [-0.05, 0) is 63.4 Å².